The molecule has 114 valence electrons. The summed E-state index contributed by atoms with van der Waals surface area (Å²) in [6.45, 7) is 4.92. The monoisotopic (exact) mass is 294 g/mol. The Morgan fingerprint density at radius 1 is 1.14 bits per heavy atom. The fraction of sp³-hybridized carbons (Fsp3) is 0.316. The number of aryl methyl sites for hydroxylation is 2. The van der Waals surface area contributed by atoms with Gasteiger partial charge in [-0.05, 0) is 43.9 Å². The normalized spacial score (nSPS) is 17.5. The minimum absolute atomic E-state index is 0.00157. The van der Waals surface area contributed by atoms with Gasteiger partial charge in [0.2, 0.25) is 0 Å². The molecular weight excluding hydrogens is 272 g/mol. The predicted molar refractivity (Wildman–Crippen MR) is 90.1 cm³/mol. The Balaban J connectivity index is 1.78. The maximum absolute atomic E-state index is 12.7. The summed E-state index contributed by atoms with van der Waals surface area (Å²) >= 11 is 0. The van der Waals surface area contributed by atoms with Crippen molar-refractivity contribution in [2.75, 3.05) is 11.9 Å². The van der Waals surface area contributed by atoms with Gasteiger partial charge in [0, 0.05) is 12.2 Å². The van der Waals surface area contributed by atoms with Crippen LogP contribution >= 0.6 is 0 Å². The van der Waals surface area contributed by atoms with Gasteiger partial charge in [0.15, 0.2) is 0 Å². The molecule has 3 heteroatoms. The van der Waals surface area contributed by atoms with Crippen molar-refractivity contribution in [3.8, 4) is 0 Å². The summed E-state index contributed by atoms with van der Waals surface area (Å²) in [5.74, 6) is 0. The van der Waals surface area contributed by atoms with E-state index < -0.39 is 0 Å². The number of hydrogen-bond acceptors (Lipinski definition) is 1. The maximum atomic E-state index is 12.7. The SMILES string of the molecule is Cc1cccc([C@@H]2CCCN2C(=O)Nc2ccccc2C)c1. The van der Waals surface area contributed by atoms with Crippen LogP contribution in [0.4, 0.5) is 10.5 Å². The van der Waals surface area contributed by atoms with Crippen molar-refractivity contribution in [3.63, 3.8) is 0 Å². The first-order chi connectivity index (χ1) is 10.6. The van der Waals surface area contributed by atoms with E-state index in [4.69, 9.17) is 0 Å². The molecule has 1 aliphatic rings. The van der Waals surface area contributed by atoms with E-state index >= 15 is 0 Å². The first kappa shape index (κ1) is 14.6. The molecule has 3 nitrogen and oxygen atoms in total. The number of urea groups is 1. The van der Waals surface area contributed by atoms with E-state index in [1.54, 1.807) is 0 Å². The van der Waals surface area contributed by atoms with E-state index in [0.717, 1.165) is 30.6 Å². The van der Waals surface area contributed by atoms with Crippen LogP contribution in [0.3, 0.4) is 0 Å². The number of hydrogen-bond donors (Lipinski definition) is 1. The number of rotatable bonds is 2. The minimum atomic E-state index is -0.00157. The van der Waals surface area contributed by atoms with Gasteiger partial charge in [0.25, 0.3) is 0 Å². The molecule has 22 heavy (non-hydrogen) atoms. The van der Waals surface area contributed by atoms with Gasteiger partial charge in [-0.2, -0.15) is 0 Å². The molecule has 3 rings (SSSR count). The smallest absolute Gasteiger partial charge is 0.317 e. The summed E-state index contributed by atoms with van der Waals surface area (Å²) in [7, 11) is 0. The Bertz CT molecular complexity index is 681. The Kier molecular flexibility index (Phi) is 4.14. The van der Waals surface area contributed by atoms with E-state index in [1.165, 1.54) is 11.1 Å². The average molecular weight is 294 g/mol. The number of para-hydroxylation sites is 1. The molecule has 0 unspecified atom stereocenters. The van der Waals surface area contributed by atoms with E-state index in [9.17, 15) is 4.79 Å². The highest BCUT2D eigenvalue weighted by Gasteiger charge is 2.30. The second-order valence-corrected chi connectivity index (χ2v) is 6.01. The largest absolute Gasteiger partial charge is 0.322 e. The summed E-state index contributed by atoms with van der Waals surface area (Å²) in [5, 5.41) is 3.05. The van der Waals surface area contributed by atoms with Gasteiger partial charge in [-0.15, -0.1) is 0 Å². The van der Waals surface area contributed by atoms with Gasteiger partial charge in [0.05, 0.1) is 6.04 Å². The molecule has 0 bridgehead atoms. The molecule has 1 aliphatic heterocycles. The van der Waals surface area contributed by atoms with Gasteiger partial charge in [0.1, 0.15) is 0 Å². The van der Waals surface area contributed by atoms with E-state index in [1.807, 2.05) is 36.1 Å². The Morgan fingerprint density at radius 3 is 2.73 bits per heavy atom. The number of anilines is 1. The third-order valence-electron chi connectivity index (χ3n) is 4.33. The fourth-order valence-corrected chi connectivity index (χ4v) is 3.13. The molecule has 1 N–H and O–H groups in total. The van der Waals surface area contributed by atoms with Crippen LogP contribution in [0.1, 0.15) is 35.6 Å². The average Bonchev–Trinajstić information content (AvgIpc) is 2.99. The zero-order valence-corrected chi connectivity index (χ0v) is 13.2. The molecule has 2 amide bonds. The van der Waals surface area contributed by atoms with Crippen molar-refractivity contribution in [2.24, 2.45) is 0 Å². The Morgan fingerprint density at radius 2 is 1.95 bits per heavy atom. The third-order valence-corrected chi connectivity index (χ3v) is 4.33. The first-order valence-electron chi connectivity index (χ1n) is 7.85. The number of benzene rings is 2. The minimum Gasteiger partial charge on any atom is -0.317 e. The Hall–Kier alpha value is -2.29. The lowest BCUT2D eigenvalue weighted by Gasteiger charge is -2.26. The molecule has 0 aliphatic carbocycles. The molecular formula is C19H22N2O. The van der Waals surface area contributed by atoms with Gasteiger partial charge in [-0.1, -0.05) is 48.0 Å². The quantitative estimate of drug-likeness (QED) is 0.857. The highest BCUT2D eigenvalue weighted by Crippen LogP contribution is 2.32. The second-order valence-electron chi connectivity index (χ2n) is 6.01. The molecule has 1 saturated heterocycles. The highest BCUT2D eigenvalue weighted by molar-refractivity contribution is 5.90. The number of likely N-dealkylation sites (tertiary alicyclic amines) is 1. The zero-order valence-electron chi connectivity index (χ0n) is 13.2. The predicted octanol–water partition coefficient (Wildman–Crippen LogP) is 4.67. The summed E-state index contributed by atoms with van der Waals surface area (Å²) < 4.78 is 0. The standard InChI is InChI=1S/C19H22N2O/c1-14-7-5-9-16(13-14)18-11-6-12-21(18)19(22)20-17-10-4-3-8-15(17)2/h3-5,7-10,13,18H,6,11-12H2,1-2H3,(H,20,22)/t18-/m0/s1. The van der Waals surface area contributed by atoms with Crippen LogP contribution in [0, 0.1) is 13.8 Å². The maximum Gasteiger partial charge on any atom is 0.322 e. The number of nitrogens with zero attached hydrogens (tertiary/aromatic N) is 1. The molecule has 1 fully saturated rings. The van der Waals surface area contributed by atoms with E-state index in [-0.39, 0.29) is 12.1 Å². The van der Waals surface area contributed by atoms with Crippen LogP contribution < -0.4 is 5.32 Å². The lowest BCUT2D eigenvalue weighted by Crippen LogP contribution is -2.34. The molecule has 2 aromatic rings. The van der Waals surface area contributed by atoms with Crippen LogP contribution in [0.2, 0.25) is 0 Å². The molecule has 0 spiro atoms. The highest BCUT2D eigenvalue weighted by atomic mass is 16.2. The third kappa shape index (κ3) is 2.98. The summed E-state index contributed by atoms with van der Waals surface area (Å²) in [5.41, 5.74) is 4.45. The fourth-order valence-electron chi connectivity index (χ4n) is 3.13. The molecule has 1 heterocycles. The van der Waals surface area contributed by atoms with Gasteiger partial charge in [-0.25, -0.2) is 4.79 Å². The molecule has 1 atom stereocenters. The van der Waals surface area contributed by atoms with Crippen LogP contribution in [-0.2, 0) is 0 Å². The van der Waals surface area contributed by atoms with Crippen molar-refractivity contribution in [1.29, 1.82) is 0 Å². The lowest BCUT2D eigenvalue weighted by molar-refractivity contribution is 0.207. The van der Waals surface area contributed by atoms with Crippen molar-refractivity contribution in [2.45, 2.75) is 32.7 Å². The topological polar surface area (TPSA) is 32.3 Å². The lowest BCUT2D eigenvalue weighted by atomic mass is 10.0. The van der Waals surface area contributed by atoms with Crippen molar-refractivity contribution in [1.82, 2.24) is 4.90 Å². The van der Waals surface area contributed by atoms with Crippen molar-refractivity contribution < 1.29 is 4.79 Å². The van der Waals surface area contributed by atoms with Crippen LogP contribution in [-0.4, -0.2) is 17.5 Å². The van der Waals surface area contributed by atoms with Crippen LogP contribution in [0.5, 0.6) is 0 Å². The van der Waals surface area contributed by atoms with E-state index in [0.29, 0.717) is 0 Å². The first-order valence-corrected chi connectivity index (χ1v) is 7.85. The molecule has 0 aromatic heterocycles. The van der Waals surface area contributed by atoms with Crippen LogP contribution in [0.15, 0.2) is 48.5 Å². The number of nitrogens with one attached hydrogen (secondary N) is 1. The summed E-state index contributed by atoms with van der Waals surface area (Å²) in [4.78, 5) is 14.6. The zero-order chi connectivity index (χ0) is 15.5. The number of amides is 2. The molecule has 0 radical (unpaired) electrons. The summed E-state index contributed by atoms with van der Waals surface area (Å²) in [6.07, 6.45) is 2.09. The Labute approximate surface area is 132 Å². The molecule has 2 aromatic carbocycles. The number of carbonyl (C=O) groups excluding carboxylic acids is 1. The number of carbonyl (C=O) groups is 1. The van der Waals surface area contributed by atoms with Crippen LogP contribution in [0.25, 0.3) is 0 Å². The van der Waals surface area contributed by atoms with Gasteiger partial charge < -0.3 is 10.2 Å². The van der Waals surface area contributed by atoms with E-state index in [2.05, 4.69) is 36.5 Å². The van der Waals surface area contributed by atoms with Crippen molar-refractivity contribution >= 4 is 11.7 Å². The van der Waals surface area contributed by atoms with Gasteiger partial charge in [-0.3, -0.25) is 0 Å². The van der Waals surface area contributed by atoms with Gasteiger partial charge >= 0.3 is 6.03 Å². The summed E-state index contributed by atoms with van der Waals surface area (Å²) in [6, 6.07) is 16.5. The van der Waals surface area contributed by atoms with Crippen molar-refractivity contribution in [3.05, 3.63) is 65.2 Å². The second kappa shape index (κ2) is 6.22. The molecule has 0 saturated carbocycles.